The molecule has 0 aliphatic heterocycles. The van der Waals surface area contributed by atoms with Crippen LogP contribution in [0.1, 0.15) is 22.0 Å². The van der Waals surface area contributed by atoms with E-state index in [-0.39, 0.29) is 0 Å². The van der Waals surface area contributed by atoms with Gasteiger partial charge in [0.05, 0.1) is 10.4 Å². The minimum atomic E-state index is 0.555. The number of nitrogen functional groups attached to an aromatic ring is 1. The lowest BCUT2D eigenvalue weighted by Gasteiger charge is -2.06. The van der Waals surface area contributed by atoms with Crippen LogP contribution in [-0.2, 0) is 13.0 Å². The number of aryl methyl sites for hydroxylation is 4. The Morgan fingerprint density at radius 2 is 2.05 bits per heavy atom. The summed E-state index contributed by atoms with van der Waals surface area (Å²) >= 11 is 1.71. The molecular weight excluding hydrogens is 270 g/mol. The van der Waals surface area contributed by atoms with Gasteiger partial charge in [0.25, 0.3) is 0 Å². The number of aromatic nitrogens is 4. The van der Waals surface area contributed by atoms with E-state index in [2.05, 4.69) is 38.7 Å². The first-order valence-corrected chi connectivity index (χ1v) is 7.42. The molecule has 0 unspecified atom stereocenters. The van der Waals surface area contributed by atoms with Gasteiger partial charge < -0.3 is 10.3 Å². The van der Waals surface area contributed by atoms with Gasteiger partial charge in [0, 0.05) is 29.7 Å². The summed E-state index contributed by atoms with van der Waals surface area (Å²) in [7, 11) is 0. The number of hydrogen-bond acceptors (Lipinski definition) is 5. The smallest absolute Gasteiger partial charge is 0.145 e. The molecular formula is C14H17N5S. The minimum Gasteiger partial charge on any atom is -0.383 e. The number of fused-ring (bicyclic) bond motifs is 1. The maximum absolute atomic E-state index is 5.98. The van der Waals surface area contributed by atoms with Gasteiger partial charge in [-0.1, -0.05) is 0 Å². The third-order valence-electron chi connectivity index (χ3n) is 3.65. The van der Waals surface area contributed by atoms with E-state index < -0.39 is 0 Å². The zero-order valence-electron chi connectivity index (χ0n) is 11.8. The van der Waals surface area contributed by atoms with Gasteiger partial charge in [0.2, 0.25) is 0 Å². The Hall–Kier alpha value is -1.95. The first kappa shape index (κ1) is 13.1. The average molecular weight is 287 g/mol. The molecule has 104 valence electrons. The zero-order valence-corrected chi connectivity index (χ0v) is 12.7. The Morgan fingerprint density at radius 1 is 1.25 bits per heavy atom. The van der Waals surface area contributed by atoms with Crippen molar-refractivity contribution < 1.29 is 0 Å². The second-order valence-electron chi connectivity index (χ2n) is 4.95. The van der Waals surface area contributed by atoms with Crippen LogP contribution in [0.4, 0.5) is 5.82 Å². The molecule has 3 aromatic rings. The molecule has 0 atom stereocenters. The number of thiazole rings is 1. The van der Waals surface area contributed by atoms with Crippen molar-refractivity contribution in [1.29, 1.82) is 0 Å². The molecule has 6 heteroatoms. The van der Waals surface area contributed by atoms with Crippen LogP contribution in [0, 0.1) is 20.8 Å². The summed E-state index contributed by atoms with van der Waals surface area (Å²) < 4.78 is 2.21. The minimum absolute atomic E-state index is 0.555. The molecule has 3 heterocycles. The van der Waals surface area contributed by atoms with Gasteiger partial charge in [0.1, 0.15) is 17.8 Å². The van der Waals surface area contributed by atoms with Crippen LogP contribution in [-0.4, -0.2) is 19.5 Å². The highest BCUT2D eigenvalue weighted by Gasteiger charge is 2.15. The molecule has 0 aromatic carbocycles. The van der Waals surface area contributed by atoms with Gasteiger partial charge >= 0.3 is 0 Å². The number of nitrogens with two attached hydrogens (primary N) is 1. The van der Waals surface area contributed by atoms with Gasteiger partial charge in [-0.15, -0.1) is 11.3 Å². The second kappa shape index (κ2) is 4.86. The van der Waals surface area contributed by atoms with E-state index in [4.69, 9.17) is 5.73 Å². The van der Waals surface area contributed by atoms with Crippen LogP contribution < -0.4 is 5.73 Å². The third kappa shape index (κ3) is 2.06. The molecule has 0 saturated carbocycles. The molecule has 0 aliphatic rings. The highest BCUT2D eigenvalue weighted by molar-refractivity contribution is 7.09. The van der Waals surface area contributed by atoms with Gasteiger partial charge in [-0.2, -0.15) is 0 Å². The van der Waals surface area contributed by atoms with Crippen molar-refractivity contribution in [2.45, 2.75) is 33.7 Å². The Bertz CT molecular complexity index is 771. The molecule has 0 aliphatic carbocycles. The molecule has 0 amide bonds. The first-order valence-electron chi connectivity index (χ1n) is 6.54. The van der Waals surface area contributed by atoms with E-state index in [0.717, 1.165) is 40.3 Å². The van der Waals surface area contributed by atoms with Gasteiger partial charge in [0.15, 0.2) is 0 Å². The van der Waals surface area contributed by atoms with Crippen LogP contribution in [0.5, 0.6) is 0 Å². The van der Waals surface area contributed by atoms with Crippen molar-refractivity contribution in [1.82, 2.24) is 19.5 Å². The predicted molar refractivity (Wildman–Crippen MR) is 82.0 cm³/mol. The first-order chi connectivity index (χ1) is 9.58. The van der Waals surface area contributed by atoms with Crippen molar-refractivity contribution >= 4 is 28.2 Å². The van der Waals surface area contributed by atoms with Crippen molar-refractivity contribution in [3.05, 3.63) is 33.7 Å². The van der Waals surface area contributed by atoms with Crippen molar-refractivity contribution in [3.63, 3.8) is 0 Å². The summed E-state index contributed by atoms with van der Waals surface area (Å²) in [5.74, 6) is 0.555. The molecule has 3 rings (SSSR count). The molecule has 3 aromatic heterocycles. The fourth-order valence-electron chi connectivity index (χ4n) is 2.49. The summed E-state index contributed by atoms with van der Waals surface area (Å²) in [6, 6.07) is 0. The van der Waals surface area contributed by atoms with Crippen molar-refractivity contribution in [3.8, 4) is 0 Å². The molecule has 0 spiro atoms. The third-order valence-corrected chi connectivity index (χ3v) is 4.68. The molecule has 20 heavy (non-hydrogen) atoms. The average Bonchev–Trinajstić information content (AvgIpc) is 2.93. The quantitative estimate of drug-likeness (QED) is 0.804. The lowest BCUT2D eigenvalue weighted by Crippen LogP contribution is -2.04. The van der Waals surface area contributed by atoms with Gasteiger partial charge in [-0.3, -0.25) is 0 Å². The standard InChI is InChI=1S/C14H17N5S/c1-8-6-20-11(18-8)4-5-19-10(3)9(2)12-13(15)16-7-17-14(12)19/h6-7H,4-5H2,1-3H3,(H2,15,16,17). The second-order valence-corrected chi connectivity index (χ2v) is 5.89. The fraction of sp³-hybridized carbons (Fsp3) is 0.357. The Morgan fingerprint density at radius 3 is 2.75 bits per heavy atom. The lowest BCUT2D eigenvalue weighted by molar-refractivity contribution is 0.691. The SMILES string of the molecule is Cc1csc(CCn2c(C)c(C)c3c(N)ncnc32)n1. The maximum atomic E-state index is 5.98. The Labute approximate surface area is 121 Å². The molecule has 0 fully saturated rings. The highest BCUT2D eigenvalue weighted by Crippen LogP contribution is 2.27. The highest BCUT2D eigenvalue weighted by atomic mass is 32.1. The van der Waals surface area contributed by atoms with Crippen LogP contribution in [0.25, 0.3) is 11.0 Å². The summed E-state index contributed by atoms with van der Waals surface area (Å²) in [6.45, 7) is 7.05. The largest absolute Gasteiger partial charge is 0.383 e. The number of nitrogens with zero attached hydrogens (tertiary/aromatic N) is 4. The van der Waals surface area contributed by atoms with E-state index in [1.807, 2.05) is 6.92 Å². The molecule has 5 nitrogen and oxygen atoms in total. The van der Waals surface area contributed by atoms with E-state index in [9.17, 15) is 0 Å². The molecule has 2 N–H and O–H groups in total. The Kier molecular flexibility index (Phi) is 3.17. The molecule has 0 radical (unpaired) electrons. The zero-order chi connectivity index (χ0) is 14.3. The monoisotopic (exact) mass is 287 g/mol. The summed E-state index contributed by atoms with van der Waals surface area (Å²) in [4.78, 5) is 13.0. The fourth-order valence-corrected chi connectivity index (χ4v) is 3.26. The van der Waals surface area contributed by atoms with E-state index in [1.165, 1.54) is 12.0 Å². The Balaban J connectivity index is 1.99. The van der Waals surface area contributed by atoms with Crippen LogP contribution in [0.15, 0.2) is 11.7 Å². The van der Waals surface area contributed by atoms with Crippen molar-refractivity contribution in [2.75, 3.05) is 5.73 Å². The van der Waals surface area contributed by atoms with E-state index >= 15 is 0 Å². The van der Waals surface area contributed by atoms with Crippen molar-refractivity contribution in [2.24, 2.45) is 0 Å². The van der Waals surface area contributed by atoms with E-state index in [1.54, 1.807) is 11.3 Å². The summed E-state index contributed by atoms with van der Waals surface area (Å²) in [6.07, 6.45) is 2.44. The van der Waals surface area contributed by atoms with Crippen LogP contribution in [0.2, 0.25) is 0 Å². The number of rotatable bonds is 3. The predicted octanol–water partition coefficient (Wildman–Crippen LogP) is 2.64. The number of hydrogen-bond donors (Lipinski definition) is 1. The van der Waals surface area contributed by atoms with Gasteiger partial charge in [-0.05, 0) is 26.3 Å². The normalized spacial score (nSPS) is 11.3. The van der Waals surface area contributed by atoms with Crippen LogP contribution >= 0.6 is 11.3 Å². The summed E-state index contributed by atoms with van der Waals surface area (Å²) in [5, 5.41) is 4.21. The molecule has 0 bridgehead atoms. The maximum Gasteiger partial charge on any atom is 0.145 e. The van der Waals surface area contributed by atoms with E-state index in [0.29, 0.717) is 5.82 Å². The topological polar surface area (TPSA) is 69.6 Å². The van der Waals surface area contributed by atoms with Crippen LogP contribution in [0.3, 0.4) is 0 Å². The number of anilines is 1. The lowest BCUT2D eigenvalue weighted by atomic mass is 10.2. The summed E-state index contributed by atoms with van der Waals surface area (Å²) in [5.41, 5.74) is 10.3. The van der Waals surface area contributed by atoms with Gasteiger partial charge in [-0.25, -0.2) is 15.0 Å². The molecule has 0 saturated heterocycles.